The molecule has 1 saturated carbocycles. The zero-order valence-corrected chi connectivity index (χ0v) is 12.6. The van der Waals surface area contributed by atoms with E-state index in [1.54, 1.807) is 0 Å². The van der Waals surface area contributed by atoms with Crippen LogP contribution in [0.1, 0.15) is 44.6 Å². The molecule has 0 heterocycles. The molecule has 0 spiro atoms. The minimum Gasteiger partial charge on any atom is -0.382 e. The van der Waals surface area contributed by atoms with Gasteiger partial charge in [-0.1, -0.05) is 50.5 Å². The monoisotopic (exact) mass is 278 g/mol. The Morgan fingerprint density at radius 1 is 1.00 bits per heavy atom. The lowest BCUT2D eigenvalue weighted by molar-refractivity contribution is 0.457. The topological polar surface area (TPSA) is 35.8 Å². The van der Waals surface area contributed by atoms with Crippen LogP contribution in [-0.4, -0.2) is 6.04 Å². The highest BCUT2D eigenvalue weighted by atomic mass is 14.9. The Bertz CT molecular complexity index is 669. The fraction of sp³-hybridized carbons (Fsp3) is 0.421. The lowest BCUT2D eigenvalue weighted by Gasteiger charge is -2.25. The van der Waals surface area contributed by atoms with Crippen LogP contribution in [0.25, 0.3) is 10.8 Å². The number of anilines is 1. The molecule has 2 atom stereocenters. The quantitative estimate of drug-likeness (QED) is 0.776. The van der Waals surface area contributed by atoms with Gasteiger partial charge in [-0.25, -0.2) is 0 Å². The van der Waals surface area contributed by atoms with Crippen LogP contribution in [0.5, 0.6) is 0 Å². The fourth-order valence-electron chi connectivity index (χ4n) is 3.43. The molecule has 2 nitrogen and oxygen atoms in total. The van der Waals surface area contributed by atoms with Crippen LogP contribution in [0.2, 0.25) is 0 Å². The van der Waals surface area contributed by atoms with Crippen molar-refractivity contribution in [2.75, 3.05) is 5.32 Å². The summed E-state index contributed by atoms with van der Waals surface area (Å²) in [6, 6.07) is 15.0. The zero-order valence-electron chi connectivity index (χ0n) is 12.6. The van der Waals surface area contributed by atoms with E-state index < -0.39 is 0 Å². The van der Waals surface area contributed by atoms with Gasteiger partial charge in [-0.05, 0) is 30.9 Å². The van der Waals surface area contributed by atoms with Gasteiger partial charge in [-0.2, -0.15) is 5.26 Å². The summed E-state index contributed by atoms with van der Waals surface area (Å²) in [4.78, 5) is 0. The van der Waals surface area contributed by atoms with Crippen molar-refractivity contribution in [3.8, 4) is 6.07 Å². The number of fused-ring (bicyclic) bond motifs is 1. The van der Waals surface area contributed by atoms with Crippen molar-refractivity contribution in [3.63, 3.8) is 0 Å². The Kier molecular flexibility index (Phi) is 4.10. The normalized spacial score (nSPS) is 22.5. The highest BCUT2D eigenvalue weighted by Gasteiger charge is 2.20. The third kappa shape index (κ3) is 2.88. The molecular weight excluding hydrogens is 256 g/mol. The number of hydrogen-bond acceptors (Lipinski definition) is 2. The third-order valence-electron chi connectivity index (χ3n) is 4.75. The van der Waals surface area contributed by atoms with Crippen molar-refractivity contribution in [1.82, 2.24) is 0 Å². The van der Waals surface area contributed by atoms with Gasteiger partial charge < -0.3 is 5.32 Å². The first-order valence-corrected chi connectivity index (χ1v) is 7.98. The Labute approximate surface area is 126 Å². The number of rotatable bonds is 2. The summed E-state index contributed by atoms with van der Waals surface area (Å²) in [7, 11) is 0. The van der Waals surface area contributed by atoms with Gasteiger partial charge in [0.2, 0.25) is 0 Å². The Balaban J connectivity index is 1.96. The Morgan fingerprint density at radius 2 is 1.76 bits per heavy atom. The molecule has 0 radical (unpaired) electrons. The second-order valence-corrected chi connectivity index (χ2v) is 6.18. The van der Waals surface area contributed by atoms with E-state index in [0.717, 1.165) is 16.3 Å². The lowest BCUT2D eigenvalue weighted by Crippen LogP contribution is -2.26. The van der Waals surface area contributed by atoms with Gasteiger partial charge in [-0.15, -0.1) is 0 Å². The molecule has 0 aromatic heterocycles. The SMILES string of the molecule is CC1CCCCCC1Nc1ccc(C#N)c2ccccc12. The van der Waals surface area contributed by atoms with Crippen molar-refractivity contribution in [3.05, 3.63) is 42.0 Å². The first-order chi connectivity index (χ1) is 10.3. The molecule has 1 fully saturated rings. The summed E-state index contributed by atoms with van der Waals surface area (Å²) in [5.74, 6) is 0.710. The van der Waals surface area contributed by atoms with Crippen LogP contribution in [-0.2, 0) is 0 Å². The van der Waals surface area contributed by atoms with Crippen molar-refractivity contribution >= 4 is 16.5 Å². The maximum absolute atomic E-state index is 9.26. The third-order valence-corrected chi connectivity index (χ3v) is 4.75. The molecule has 0 amide bonds. The fourth-order valence-corrected chi connectivity index (χ4v) is 3.43. The van der Waals surface area contributed by atoms with E-state index in [4.69, 9.17) is 0 Å². The lowest BCUT2D eigenvalue weighted by atomic mass is 9.95. The van der Waals surface area contributed by atoms with Crippen molar-refractivity contribution in [2.24, 2.45) is 5.92 Å². The highest BCUT2D eigenvalue weighted by molar-refractivity contribution is 5.97. The van der Waals surface area contributed by atoms with E-state index in [2.05, 4.69) is 30.4 Å². The maximum atomic E-state index is 9.26. The largest absolute Gasteiger partial charge is 0.382 e. The number of nitrogens with zero attached hydrogens (tertiary/aromatic N) is 1. The summed E-state index contributed by atoms with van der Waals surface area (Å²) < 4.78 is 0. The first-order valence-electron chi connectivity index (χ1n) is 7.98. The zero-order chi connectivity index (χ0) is 14.7. The predicted molar refractivity (Wildman–Crippen MR) is 88.3 cm³/mol. The van der Waals surface area contributed by atoms with Crippen LogP contribution in [0, 0.1) is 17.2 Å². The van der Waals surface area contributed by atoms with E-state index in [1.165, 1.54) is 37.8 Å². The molecule has 0 saturated heterocycles. The van der Waals surface area contributed by atoms with E-state index in [-0.39, 0.29) is 0 Å². The van der Waals surface area contributed by atoms with Crippen molar-refractivity contribution in [2.45, 2.75) is 45.1 Å². The summed E-state index contributed by atoms with van der Waals surface area (Å²) in [6.07, 6.45) is 6.59. The molecule has 2 unspecified atom stereocenters. The molecule has 1 aliphatic carbocycles. The van der Waals surface area contributed by atoms with Crippen LogP contribution >= 0.6 is 0 Å². The summed E-state index contributed by atoms with van der Waals surface area (Å²) in [6.45, 7) is 2.36. The molecule has 2 aromatic carbocycles. The Hall–Kier alpha value is -2.01. The second-order valence-electron chi connectivity index (χ2n) is 6.18. The molecule has 0 bridgehead atoms. The maximum Gasteiger partial charge on any atom is 0.0998 e. The number of nitriles is 1. The highest BCUT2D eigenvalue weighted by Crippen LogP contribution is 2.31. The summed E-state index contributed by atoms with van der Waals surface area (Å²) in [5.41, 5.74) is 1.92. The molecule has 1 N–H and O–H groups in total. The molecule has 3 rings (SSSR count). The minimum absolute atomic E-state index is 0.545. The molecular formula is C19H22N2. The van der Waals surface area contributed by atoms with Gasteiger partial charge in [0.25, 0.3) is 0 Å². The van der Waals surface area contributed by atoms with Crippen LogP contribution in [0.15, 0.2) is 36.4 Å². The molecule has 0 aliphatic heterocycles. The van der Waals surface area contributed by atoms with Gasteiger partial charge in [-0.3, -0.25) is 0 Å². The van der Waals surface area contributed by atoms with E-state index in [1.807, 2.05) is 24.3 Å². The van der Waals surface area contributed by atoms with E-state index in [0.29, 0.717) is 12.0 Å². The predicted octanol–water partition coefficient (Wildman–Crippen LogP) is 5.09. The van der Waals surface area contributed by atoms with Crippen LogP contribution in [0.4, 0.5) is 5.69 Å². The average Bonchev–Trinajstić information content (AvgIpc) is 2.72. The molecule has 2 aromatic rings. The van der Waals surface area contributed by atoms with Crippen LogP contribution < -0.4 is 5.32 Å². The van der Waals surface area contributed by atoms with Crippen molar-refractivity contribution in [1.29, 1.82) is 5.26 Å². The summed E-state index contributed by atoms with van der Waals surface area (Å²) >= 11 is 0. The molecule has 21 heavy (non-hydrogen) atoms. The smallest absolute Gasteiger partial charge is 0.0998 e. The Morgan fingerprint density at radius 3 is 2.57 bits per heavy atom. The van der Waals surface area contributed by atoms with Crippen LogP contribution in [0.3, 0.4) is 0 Å². The van der Waals surface area contributed by atoms with Gasteiger partial charge in [0.05, 0.1) is 11.6 Å². The van der Waals surface area contributed by atoms with Gasteiger partial charge in [0.15, 0.2) is 0 Å². The van der Waals surface area contributed by atoms with E-state index >= 15 is 0 Å². The number of benzene rings is 2. The number of nitrogens with one attached hydrogen (secondary N) is 1. The number of hydrogen-bond donors (Lipinski definition) is 1. The molecule has 2 heteroatoms. The minimum atomic E-state index is 0.545. The average molecular weight is 278 g/mol. The van der Waals surface area contributed by atoms with E-state index in [9.17, 15) is 5.26 Å². The molecule has 1 aliphatic rings. The van der Waals surface area contributed by atoms with Gasteiger partial charge >= 0.3 is 0 Å². The van der Waals surface area contributed by atoms with Gasteiger partial charge in [0.1, 0.15) is 0 Å². The second kappa shape index (κ2) is 6.18. The standard InChI is InChI=1S/C19H22N2/c1-14-7-3-2-4-10-18(14)21-19-12-11-15(13-20)16-8-5-6-9-17(16)19/h5-6,8-9,11-12,14,18,21H,2-4,7,10H2,1H3. The van der Waals surface area contributed by atoms with Gasteiger partial charge in [0, 0.05) is 22.5 Å². The molecule has 108 valence electrons. The summed E-state index contributed by atoms with van der Waals surface area (Å²) in [5, 5.41) is 15.2. The first kappa shape index (κ1) is 13.9. The van der Waals surface area contributed by atoms with Crippen molar-refractivity contribution < 1.29 is 0 Å².